The second-order valence-electron chi connectivity index (χ2n) is 5.53. The minimum absolute atomic E-state index is 0.114. The fourth-order valence-corrected chi connectivity index (χ4v) is 3.06. The summed E-state index contributed by atoms with van der Waals surface area (Å²) in [6.07, 6.45) is 2.84. The lowest BCUT2D eigenvalue weighted by Gasteiger charge is -2.40. The van der Waals surface area contributed by atoms with Crippen LogP contribution in [0.2, 0.25) is 0 Å². The number of nitrogens with zero attached hydrogens (tertiary/aromatic N) is 1. The quantitative estimate of drug-likeness (QED) is 0.654. The van der Waals surface area contributed by atoms with Gasteiger partial charge in [0.15, 0.2) is 0 Å². The molecule has 0 aromatic heterocycles. The molecule has 1 aliphatic carbocycles. The molecule has 0 heterocycles. The Morgan fingerprint density at radius 2 is 2.25 bits per heavy atom. The van der Waals surface area contributed by atoms with E-state index in [0.29, 0.717) is 18.4 Å². The summed E-state index contributed by atoms with van der Waals surface area (Å²) in [5, 5.41) is 21.3. The minimum Gasteiger partial charge on any atom is -0.392 e. The lowest BCUT2D eigenvalue weighted by molar-refractivity contribution is -0.385. The molecule has 0 aliphatic heterocycles. The maximum atomic E-state index is 13.4. The van der Waals surface area contributed by atoms with Crippen molar-refractivity contribution in [3.8, 4) is 0 Å². The molecule has 1 aromatic rings. The van der Waals surface area contributed by atoms with Crippen molar-refractivity contribution in [2.45, 2.75) is 38.2 Å². The number of rotatable bonds is 4. The SMILES string of the molecule is NCC1(Cc2cc(F)ccc2[N+](=O)[O-])CCCCC1O. The van der Waals surface area contributed by atoms with Crippen molar-refractivity contribution in [1.29, 1.82) is 0 Å². The molecule has 2 unspecified atom stereocenters. The highest BCUT2D eigenvalue weighted by molar-refractivity contribution is 5.41. The number of nitro benzene ring substituents is 1. The molecule has 1 aromatic carbocycles. The van der Waals surface area contributed by atoms with Gasteiger partial charge in [0, 0.05) is 23.6 Å². The first-order valence-electron chi connectivity index (χ1n) is 6.79. The van der Waals surface area contributed by atoms with Gasteiger partial charge in [0.1, 0.15) is 5.82 Å². The molecule has 20 heavy (non-hydrogen) atoms. The molecular formula is C14H19FN2O3. The first kappa shape index (κ1) is 14.9. The Labute approximate surface area is 116 Å². The summed E-state index contributed by atoms with van der Waals surface area (Å²) in [6, 6.07) is 3.43. The van der Waals surface area contributed by atoms with Crippen LogP contribution >= 0.6 is 0 Å². The van der Waals surface area contributed by atoms with Crippen LogP contribution in [0.15, 0.2) is 18.2 Å². The molecule has 0 spiro atoms. The van der Waals surface area contributed by atoms with E-state index in [1.165, 1.54) is 12.1 Å². The molecule has 0 bridgehead atoms. The van der Waals surface area contributed by atoms with E-state index < -0.39 is 22.3 Å². The van der Waals surface area contributed by atoms with Crippen molar-refractivity contribution in [3.05, 3.63) is 39.7 Å². The Hall–Kier alpha value is -1.53. The monoisotopic (exact) mass is 282 g/mol. The van der Waals surface area contributed by atoms with E-state index in [9.17, 15) is 19.6 Å². The average molecular weight is 282 g/mol. The standard InChI is InChI=1S/C14H19FN2O3/c15-11-4-5-12(17(19)20)10(7-11)8-14(9-16)6-2-1-3-13(14)18/h4-5,7,13,18H,1-3,6,8-9,16H2. The number of nitrogens with two attached hydrogens (primary N) is 1. The van der Waals surface area contributed by atoms with Gasteiger partial charge in [-0.3, -0.25) is 10.1 Å². The summed E-state index contributed by atoms with van der Waals surface area (Å²) in [6.45, 7) is 0.238. The Kier molecular flexibility index (Phi) is 4.35. The van der Waals surface area contributed by atoms with Gasteiger partial charge in [0.05, 0.1) is 11.0 Å². The number of aliphatic hydroxyl groups is 1. The Morgan fingerprint density at radius 1 is 1.50 bits per heavy atom. The third-order valence-electron chi connectivity index (χ3n) is 4.30. The fraction of sp³-hybridized carbons (Fsp3) is 0.571. The maximum absolute atomic E-state index is 13.4. The predicted molar refractivity (Wildman–Crippen MR) is 72.7 cm³/mol. The van der Waals surface area contributed by atoms with Crippen LogP contribution in [-0.4, -0.2) is 22.7 Å². The van der Waals surface area contributed by atoms with Gasteiger partial charge in [-0.15, -0.1) is 0 Å². The topological polar surface area (TPSA) is 89.4 Å². The zero-order chi connectivity index (χ0) is 14.8. The van der Waals surface area contributed by atoms with Gasteiger partial charge in [0.2, 0.25) is 0 Å². The summed E-state index contributed by atoms with van der Waals surface area (Å²) < 4.78 is 13.4. The molecule has 110 valence electrons. The first-order chi connectivity index (χ1) is 9.48. The number of nitro groups is 1. The molecule has 2 atom stereocenters. The molecule has 3 N–H and O–H groups in total. The lowest BCUT2D eigenvalue weighted by Crippen LogP contribution is -2.45. The highest BCUT2D eigenvalue weighted by Gasteiger charge is 2.40. The first-order valence-corrected chi connectivity index (χ1v) is 6.79. The molecule has 5 nitrogen and oxygen atoms in total. The van der Waals surface area contributed by atoms with Crippen LogP contribution in [0.3, 0.4) is 0 Å². The van der Waals surface area contributed by atoms with Crippen molar-refractivity contribution in [1.82, 2.24) is 0 Å². The molecule has 1 aliphatic rings. The van der Waals surface area contributed by atoms with Crippen LogP contribution < -0.4 is 5.73 Å². The van der Waals surface area contributed by atoms with E-state index in [1.807, 2.05) is 0 Å². The second kappa shape index (κ2) is 5.85. The van der Waals surface area contributed by atoms with Crippen LogP contribution in [-0.2, 0) is 6.42 Å². The van der Waals surface area contributed by atoms with Crippen LogP contribution in [0.1, 0.15) is 31.2 Å². The smallest absolute Gasteiger partial charge is 0.272 e. The molecule has 0 saturated heterocycles. The van der Waals surface area contributed by atoms with Gasteiger partial charge in [-0.1, -0.05) is 12.8 Å². The second-order valence-corrected chi connectivity index (χ2v) is 5.53. The fourth-order valence-electron chi connectivity index (χ4n) is 3.06. The third-order valence-corrected chi connectivity index (χ3v) is 4.30. The average Bonchev–Trinajstić information content (AvgIpc) is 2.41. The van der Waals surface area contributed by atoms with E-state index >= 15 is 0 Å². The molecule has 6 heteroatoms. The van der Waals surface area contributed by atoms with Crippen molar-refractivity contribution in [3.63, 3.8) is 0 Å². The number of aliphatic hydroxyl groups excluding tert-OH is 1. The van der Waals surface area contributed by atoms with E-state index in [0.717, 1.165) is 18.9 Å². The maximum Gasteiger partial charge on any atom is 0.272 e. The summed E-state index contributed by atoms with van der Waals surface area (Å²) in [5.41, 5.74) is 5.42. The Bertz CT molecular complexity index is 509. The number of halogens is 1. The molecule has 2 rings (SSSR count). The summed E-state index contributed by atoms with van der Waals surface area (Å²) in [4.78, 5) is 10.5. The summed E-state index contributed by atoms with van der Waals surface area (Å²) in [7, 11) is 0. The third kappa shape index (κ3) is 2.81. The molecule has 0 amide bonds. The van der Waals surface area contributed by atoms with E-state index in [1.54, 1.807) is 0 Å². The van der Waals surface area contributed by atoms with Crippen LogP contribution in [0.4, 0.5) is 10.1 Å². The molecule has 1 fully saturated rings. The normalized spacial score (nSPS) is 26.4. The van der Waals surface area contributed by atoms with Crippen molar-refractivity contribution >= 4 is 5.69 Å². The van der Waals surface area contributed by atoms with Gasteiger partial charge in [0.25, 0.3) is 5.69 Å². The molecule has 0 radical (unpaired) electrons. The molecular weight excluding hydrogens is 263 g/mol. The van der Waals surface area contributed by atoms with Crippen LogP contribution in [0.5, 0.6) is 0 Å². The van der Waals surface area contributed by atoms with E-state index in [2.05, 4.69) is 0 Å². The largest absolute Gasteiger partial charge is 0.392 e. The lowest BCUT2D eigenvalue weighted by atomic mass is 9.68. The zero-order valence-corrected chi connectivity index (χ0v) is 11.2. The van der Waals surface area contributed by atoms with Crippen molar-refractivity contribution in [2.75, 3.05) is 6.54 Å². The Morgan fingerprint density at radius 3 is 2.85 bits per heavy atom. The summed E-state index contributed by atoms with van der Waals surface area (Å²) in [5.74, 6) is -0.511. The van der Waals surface area contributed by atoms with Gasteiger partial charge in [-0.05, 0) is 31.4 Å². The van der Waals surface area contributed by atoms with Crippen molar-refractivity contribution < 1.29 is 14.4 Å². The minimum atomic E-state index is -0.593. The highest BCUT2D eigenvalue weighted by atomic mass is 19.1. The zero-order valence-electron chi connectivity index (χ0n) is 11.2. The van der Waals surface area contributed by atoms with Gasteiger partial charge in [-0.25, -0.2) is 4.39 Å². The van der Waals surface area contributed by atoms with E-state index in [-0.39, 0.29) is 18.7 Å². The van der Waals surface area contributed by atoms with Crippen LogP contribution in [0, 0.1) is 21.3 Å². The van der Waals surface area contributed by atoms with Crippen molar-refractivity contribution in [2.24, 2.45) is 11.1 Å². The summed E-state index contributed by atoms with van der Waals surface area (Å²) >= 11 is 0. The molecule has 1 saturated carbocycles. The van der Waals surface area contributed by atoms with Crippen LogP contribution in [0.25, 0.3) is 0 Å². The number of hydrogen-bond donors (Lipinski definition) is 2. The highest BCUT2D eigenvalue weighted by Crippen LogP contribution is 2.40. The predicted octanol–water partition coefficient (Wildman–Crippen LogP) is 2.16. The van der Waals surface area contributed by atoms with Gasteiger partial charge >= 0.3 is 0 Å². The number of benzene rings is 1. The number of hydrogen-bond acceptors (Lipinski definition) is 4. The Balaban J connectivity index is 2.36. The van der Waals surface area contributed by atoms with E-state index in [4.69, 9.17) is 5.73 Å². The van der Waals surface area contributed by atoms with Gasteiger partial charge < -0.3 is 10.8 Å². The van der Waals surface area contributed by atoms with Gasteiger partial charge in [-0.2, -0.15) is 0 Å².